The number of fused-ring (bicyclic) bond motifs is 1. The maximum atomic E-state index is 11.4. The number of hydrogen-bond donors (Lipinski definition) is 0. The van der Waals surface area contributed by atoms with E-state index in [0.717, 1.165) is 19.3 Å². The summed E-state index contributed by atoms with van der Waals surface area (Å²) in [5, 5.41) is 0. The first kappa shape index (κ1) is 8.98. The molecule has 1 heteroatoms. The second kappa shape index (κ2) is 2.97. The van der Waals surface area contributed by atoms with Gasteiger partial charge < -0.3 is 0 Å². The Labute approximate surface area is 80.2 Å². The lowest BCUT2D eigenvalue weighted by molar-refractivity contribution is -0.124. The second-order valence-corrected chi connectivity index (χ2v) is 4.94. The predicted molar refractivity (Wildman–Crippen MR) is 53.4 cm³/mol. The Morgan fingerprint density at radius 1 is 1.46 bits per heavy atom. The largest absolute Gasteiger partial charge is 0.300 e. The number of hydrogen-bond acceptors (Lipinski definition) is 1. The van der Waals surface area contributed by atoms with Crippen molar-refractivity contribution in [1.29, 1.82) is 0 Å². The SMILES string of the molecule is CC1=CCC[C@@]2(C)CCC(=O)C[C@@H]12. The van der Waals surface area contributed by atoms with Crippen molar-refractivity contribution in [2.45, 2.75) is 46.0 Å². The molecule has 2 aliphatic carbocycles. The van der Waals surface area contributed by atoms with Gasteiger partial charge in [0.25, 0.3) is 0 Å². The smallest absolute Gasteiger partial charge is 0.133 e. The van der Waals surface area contributed by atoms with Crippen LogP contribution < -0.4 is 0 Å². The van der Waals surface area contributed by atoms with Crippen LogP contribution >= 0.6 is 0 Å². The van der Waals surface area contributed by atoms with Crippen LogP contribution in [0, 0.1) is 11.3 Å². The lowest BCUT2D eigenvalue weighted by Crippen LogP contribution is -2.37. The van der Waals surface area contributed by atoms with Crippen molar-refractivity contribution in [2.75, 3.05) is 0 Å². The summed E-state index contributed by atoms with van der Waals surface area (Å²) in [6, 6.07) is 0. The molecule has 0 radical (unpaired) electrons. The lowest BCUT2D eigenvalue weighted by Gasteiger charge is -2.44. The van der Waals surface area contributed by atoms with Crippen LogP contribution in [0.3, 0.4) is 0 Å². The van der Waals surface area contributed by atoms with Crippen molar-refractivity contribution in [3.8, 4) is 0 Å². The highest BCUT2D eigenvalue weighted by Gasteiger charge is 2.41. The molecule has 0 unspecified atom stereocenters. The van der Waals surface area contributed by atoms with Gasteiger partial charge in [-0.1, -0.05) is 18.6 Å². The Kier molecular flexibility index (Phi) is 2.05. The first-order valence-electron chi connectivity index (χ1n) is 5.30. The Morgan fingerprint density at radius 3 is 3.00 bits per heavy atom. The minimum absolute atomic E-state index is 0.437. The van der Waals surface area contributed by atoms with Crippen molar-refractivity contribution in [2.24, 2.45) is 11.3 Å². The first-order valence-corrected chi connectivity index (χ1v) is 5.30. The normalized spacial score (nSPS) is 39.7. The summed E-state index contributed by atoms with van der Waals surface area (Å²) in [5.74, 6) is 1.03. The van der Waals surface area contributed by atoms with Gasteiger partial charge in [0.05, 0.1) is 0 Å². The van der Waals surface area contributed by atoms with Crippen LogP contribution in [0.1, 0.15) is 46.0 Å². The Bertz CT molecular complexity index is 264. The van der Waals surface area contributed by atoms with Crippen LogP contribution in [-0.2, 0) is 4.79 Å². The Balaban J connectivity index is 2.27. The number of carbonyl (C=O) groups is 1. The summed E-state index contributed by atoms with van der Waals surface area (Å²) in [6.07, 6.45) is 7.56. The van der Waals surface area contributed by atoms with Crippen LogP contribution in [0.25, 0.3) is 0 Å². The highest BCUT2D eigenvalue weighted by molar-refractivity contribution is 5.80. The van der Waals surface area contributed by atoms with Crippen molar-refractivity contribution in [1.82, 2.24) is 0 Å². The maximum Gasteiger partial charge on any atom is 0.133 e. The summed E-state index contributed by atoms with van der Waals surface area (Å²) < 4.78 is 0. The van der Waals surface area contributed by atoms with E-state index in [-0.39, 0.29) is 0 Å². The zero-order chi connectivity index (χ0) is 9.47. The van der Waals surface area contributed by atoms with E-state index in [1.54, 1.807) is 0 Å². The topological polar surface area (TPSA) is 17.1 Å². The van der Waals surface area contributed by atoms with Gasteiger partial charge in [0.2, 0.25) is 0 Å². The highest BCUT2D eigenvalue weighted by Crippen LogP contribution is 2.49. The molecule has 0 heterocycles. The van der Waals surface area contributed by atoms with Crippen molar-refractivity contribution in [3.05, 3.63) is 11.6 Å². The molecule has 0 aromatic rings. The molecule has 0 aromatic carbocycles. The molecule has 1 saturated carbocycles. The van der Waals surface area contributed by atoms with Gasteiger partial charge >= 0.3 is 0 Å². The van der Waals surface area contributed by atoms with Gasteiger partial charge in [-0.2, -0.15) is 0 Å². The molecule has 0 aromatic heterocycles. The van der Waals surface area contributed by atoms with Gasteiger partial charge in [-0.25, -0.2) is 0 Å². The monoisotopic (exact) mass is 178 g/mol. The van der Waals surface area contributed by atoms with Gasteiger partial charge in [0.15, 0.2) is 0 Å². The molecule has 0 amide bonds. The molecule has 2 atom stereocenters. The molecular weight excluding hydrogens is 160 g/mol. The molecule has 0 spiro atoms. The van der Waals surface area contributed by atoms with Crippen LogP contribution in [0.5, 0.6) is 0 Å². The molecule has 1 fully saturated rings. The van der Waals surface area contributed by atoms with Gasteiger partial charge in [0.1, 0.15) is 5.78 Å². The van der Waals surface area contributed by atoms with Gasteiger partial charge in [0, 0.05) is 12.8 Å². The predicted octanol–water partition coefficient (Wildman–Crippen LogP) is 3.10. The Morgan fingerprint density at radius 2 is 2.23 bits per heavy atom. The first-order chi connectivity index (χ1) is 6.12. The number of ketones is 1. The van der Waals surface area contributed by atoms with Gasteiger partial charge in [-0.3, -0.25) is 4.79 Å². The third kappa shape index (κ3) is 1.45. The average molecular weight is 178 g/mol. The molecule has 0 bridgehead atoms. The fraction of sp³-hybridized carbons (Fsp3) is 0.750. The quantitative estimate of drug-likeness (QED) is 0.521. The summed E-state index contributed by atoms with van der Waals surface area (Å²) in [6.45, 7) is 4.56. The maximum absolute atomic E-state index is 11.4. The lowest BCUT2D eigenvalue weighted by atomic mass is 9.60. The van der Waals surface area contributed by atoms with Gasteiger partial charge in [-0.05, 0) is 37.5 Å². The number of Topliss-reactive ketones (excluding diaryl/α,β-unsaturated/α-hetero) is 1. The second-order valence-electron chi connectivity index (χ2n) is 4.94. The highest BCUT2D eigenvalue weighted by atomic mass is 16.1. The number of carbonyl (C=O) groups excluding carboxylic acids is 1. The Hall–Kier alpha value is -0.590. The molecule has 72 valence electrons. The van der Waals surface area contributed by atoms with E-state index in [9.17, 15) is 4.79 Å². The molecule has 0 saturated heterocycles. The van der Waals surface area contributed by atoms with E-state index in [2.05, 4.69) is 19.9 Å². The summed E-state index contributed by atoms with van der Waals surface area (Å²) >= 11 is 0. The molecular formula is C12H18O. The third-order valence-electron chi connectivity index (χ3n) is 3.98. The summed E-state index contributed by atoms with van der Waals surface area (Å²) in [7, 11) is 0. The van der Waals surface area contributed by atoms with Crippen LogP contribution in [0.2, 0.25) is 0 Å². The number of allylic oxidation sites excluding steroid dienone is 2. The molecule has 0 aliphatic heterocycles. The van der Waals surface area contributed by atoms with E-state index in [1.165, 1.54) is 18.4 Å². The van der Waals surface area contributed by atoms with E-state index >= 15 is 0 Å². The summed E-state index contributed by atoms with van der Waals surface area (Å²) in [4.78, 5) is 11.4. The van der Waals surface area contributed by atoms with Crippen LogP contribution in [0.4, 0.5) is 0 Å². The standard InChI is InChI=1S/C12H18O/c1-9-4-3-6-12(2)7-5-10(13)8-11(9)12/h4,11H,3,5-8H2,1-2H3/t11-,12-/m0/s1. The van der Waals surface area contributed by atoms with Crippen LogP contribution in [0.15, 0.2) is 11.6 Å². The number of rotatable bonds is 0. The minimum Gasteiger partial charge on any atom is -0.300 e. The molecule has 2 aliphatic rings. The molecule has 13 heavy (non-hydrogen) atoms. The van der Waals surface area contributed by atoms with E-state index in [4.69, 9.17) is 0 Å². The van der Waals surface area contributed by atoms with Gasteiger partial charge in [-0.15, -0.1) is 0 Å². The zero-order valence-electron chi connectivity index (χ0n) is 8.60. The van der Waals surface area contributed by atoms with Crippen molar-refractivity contribution >= 4 is 5.78 Å². The van der Waals surface area contributed by atoms with E-state index in [1.807, 2.05) is 0 Å². The van der Waals surface area contributed by atoms with Crippen molar-refractivity contribution in [3.63, 3.8) is 0 Å². The summed E-state index contributed by atoms with van der Waals surface area (Å²) in [5.41, 5.74) is 1.90. The van der Waals surface area contributed by atoms with E-state index in [0.29, 0.717) is 17.1 Å². The van der Waals surface area contributed by atoms with E-state index < -0.39 is 0 Å². The van der Waals surface area contributed by atoms with Crippen LogP contribution in [-0.4, -0.2) is 5.78 Å². The minimum atomic E-state index is 0.437. The molecule has 1 nitrogen and oxygen atoms in total. The zero-order valence-corrected chi connectivity index (χ0v) is 8.60. The molecule has 0 N–H and O–H groups in total. The fourth-order valence-corrected chi connectivity index (χ4v) is 2.96. The third-order valence-corrected chi connectivity index (χ3v) is 3.98. The average Bonchev–Trinajstić information content (AvgIpc) is 2.08. The van der Waals surface area contributed by atoms with Crippen molar-refractivity contribution < 1.29 is 4.79 Å². The fourth-order valence-electron chi connectivity index (χ4n) is 2.96. The molecule has 2 rings (SSSR count).